The average Bonchev–Trinajstić information content (AvgIpc) is 3.54. The second kappa shape index (κ2) is 14.7. The minimum atomic E-state index is -4.05. The molecule has 0 atom stereocenters. The number of carbonyl (C=O) groups is 3. The molecule has 0 unspecified atom stereocenters. The number of rotatable bonds is 12. The molecule has 3 heterocycles. The zero-order chi connectivity index (χ0) is 33.8. The van der Waals surface area contributed by atoms with Crippen LogP contribution in [-0.2, 0) is 38.1 Å². The summed E-state index contributed by atoms with van der Waals surface area (Å²) in [5, 5.41) is 21.8. The van der Waals surface area contributed by atoms with Crippen molar-refractivity contribution in [3.8, 4) is 0 Å². The zero-order valence-corrected chi connectivity index (χ0v) is 27.9. The minimum Gasteiger partial charge on any atom is -0.480 e. The van der Waals surface area contributed by atoms with E-state index in [2.05, 4.69) is 0 Å². The summed E-state index contributed by atoms with van der Waals surface area (Å²) in [5.74, 6) is -3.63. The molecule has 1 aromatic carbocycles. The molecular weight excluding hydrogens is 677 g/mol. The molecule has 244 valence electrons. The van der Waals surface area contributed by atoms with Gasteiger partial charge in [-0.1, -0.05) is 72.1 Å². The number of nitrogens with zero attached hydrogens (tertiary/aromatic N) is 4. The normalized spacial score (nSPS) is 18.2. The highest BCUT2D eigenvalue weighted by Gasteiger charge is 2.36. The van der Waals surface area contributed by atoms with Gasteiger partial charge in [-0.3, -0.25) is 33.2 Å². The number of hydrogen-bond donors (Lipinski definition) is 3. The van der Waals surface area contributed by atoms with Gasteiger partial charge in [-0.2, -0.15) is 8.42 Å². The van der Waals surface area contributed by atoms with Crippen molar-refractivity contribution >= 4 is 84.6 Å². The molecule has 0 bridgehead atoms. The number of carboxylic acid groups (broad SMARTS) is 2. The lowest BCUT2D eigenvalue weighted by molar-refractivity contribution is -0.140. The minimum absolute atomic E-state index is 0.0168. The summed E-state index contributed by atoms with van der Waals surface area (Å²) in [4.78, 5) is 53.0. The summed E-state index contributed by atoms with van der Waals surface area (Å²) in [7, 11) is -2.65. The Morgan fingerprint density at radius 3 is 2.33 bits per heavy atom. The number of allylic oxidation sites excluding steroid dienone is 4. The average molecular weight is 707 g/mol. The maximum absolute atomic E-state index is 13.7. The van der Waals surface area contributed by atoms with E-state index in [9.17, 15) is 37.8 Å². The first-order chi connectivity index (χ1) is 21.7. The van der Waals surface area contributed by atoms with Crippen LogP contribution in [0.25, 0.3) is 16.6 Å². The number of aromatic nitrogens is 2. The molecule has 2 aromatic rings. The van der Waals surface area contributed by atoms with Crippen molar-refractivity contribution < 1.29 is 37.6 Å². The molecule has 0 saturated carbocycles. The number of thioether (sulfide) groups is 2. The molecule has 17 heteroatoms. The SMILES string of the molecule is CC1=CSC(=CC=C(C=c2c(=O)n(C)c(=C3SC(=S)N(CC(=O)O)C3=O)n2CC(=O)O)c2ccccc2)N1CCCCS(=O)(=O)O. The molecule has 3 N–H and O–H groups in total. The molecule has 1 aromatic heterocycles. The Labute approximate surface area is 277 Å². The lowest BCUT2D eigenvalue weighted by atomic mass is 10.0. The molecule has 1 saturated heterocycles. The predicted octanol–water partition coefficient (Wildman–Crippen LogP) is 1.61. The highest BCUT2D eigenvalue weighted by Crippen LogP contribution is 2.35. The first kappa shape index (κ1) is 35.0. The second-order valence-electron chi connectivity index (χ2n) is 10.2. The van der Waals surface area contributed by atoms with Crippen LogP contribution in [0, 0.1) is 0 Å². The maximum Gasteiger partial charge on any atom is 0.323 e. The third-order valence-corrected chi connectivity index (χ3v) is 10.2. The van der Waals surface area contributed by atoms with Gasteiger partial charge in [-0.15, -0.1) is 0 Å². The highest BCUT2D eigenvalue weighted by atomic mass is 32.2. The first-order valence-electron chi connectivity index (χ1n) is 13.7. The Hall–Kier alpha value is -3.90. The Morgan fingerprint density at radius 1 is 1.02 bits per heavy atom. The molecular formula is C29H30N4O9S4. The fourth-order valence-electron chi connectivity index (χ4n) is 4.78. The second-order valence-corrected chi connectivity index (χ2v) is 14.3. The van der Waals surface area contributed by atoms with Crippen molar-refractivity contribution in [2.24, 2.45) is 7.05 Å². The van der Waals surface area contributed by atoms with Crippen LogP contribution in [0.3, 0.4) is 0 Å². The van der Waals surface area contributed by atoms with E-state index < -0.39 is 46.6 Å². The van der Waals surface area contributed by atoms with E-state index in [4.69, 9.17) is 16.8 Å². The summed E-state index contributed by atoms with van der Waals surface area (Å²) < 4.78 is 33.6. The van der Waals surface area contributed by atoms with Gasteiger partial charge in [0, 0.05) is 19.3 Å². The number of aliphatic carboxylic acids is 2. The summed E-state index contributed by atoms with van der Waals surface area (Å²) in [6.45, 7) is 1.07. The van der Waals surface area contributed by atoms with E-state index in [1.807, 2.05) is 53.6 Å². The van der Waals surface area contributed by atoms with E-state index in [-0.39, 0.29) is 32.2 Å². The summed E-state index contributed by atoms with van der Waals surface area (Å²) >= 11 is 7.47. The van der Waals surface area contributed by atoms with Gasteiger partial charge >= 0.3 is 11.9 Å². The van der Waals surface area contributed by atoms with Crippen LogP contribution < -0.4 is 16.4 Å². The van der Waals surface area contributed by atoms with Crippen LogP contribution in [0.15, 0.2) is 63.4 Å². The number of hydrogen-bond acceptors (Lipinski definition) is 10. The van der Waals surface area contributed by atoms with Gasteiger partial charge in [0.2, 0.25) is 0 Å². The van der Waals surface area contributed by atoms with E-state index in [1.54, 1.807) is 6.08 Å². The molecule has 4 rings (SSSR count). The third-order valence-electron chi connectivity index (χ3n) is 6.91. The van der Waals surface area contributed by atoms with Crippen molar-refractivity contribution in [3.63, 3.8) is 0 Å². The Balaban J connectivity index is 1.86. The van der Waals surface area contributed by atoms with E-state index >= 15 is 0 Å². The number of carboxylic acids is 2. The molecule has 2 aliphatic heterocycles. The van der Waals surface area contributed by atoms with Crippen LogP contribution >= 0.6 is 35.7 Å². The number of imidazole rings is 1. The lowest BCUT2D eigenvalue weighted by Gasteiger charge is -2.21. The van der Waals surface area contributed by atoms with E-state index in [0.29, 0.717) is 24.1 Å². The first-order valence-corrected chi connectivity index (χ1v) is 17.4. The number of unbranched alkanes of at least 4 members (excludes halogenated alkanes) is 1. The maximum atomic E-state index is 13.7. The molecule has 0 aliphatic carbocycles. The molecule has 1 fully saturated rings. The van der Waals surface area contributed by atoms with Gasteiger partial charge in [0.15, 0.2) is 0 Å². The van der Waals surface area contributed by atoms with Crippen molar-refractivity contribution in [1.29, 1.82) is 0 Å². The molecule has 1 amide bonds. The van der Waals surface area contributed by atoms with Crippen LogP contribution in [0.2, 0.25) is 0 Å². The molecule has 13 nitrogen and oxygen atoms in total. The van der Waals surface area contributed by atoms with Gasteiger partial charge in [-0.05, 0) is 48.5 Å². The van der Waals surface area contributed by atoms with Crippen LogP contribution in [0.5, 0.6) is 0 Å². The Kier molecular flexibility index (Phi) is 11.2. The van der Waals surface area contributed by atoms with Crippen molar-refractivity contribution in [1.82, 2.24) is 18.9 Å². The molecule has 2 aliphatic rings. The van der Waals surface area contributed by atoms with Crippen molar-refractivity contribution in [2.75, 3.05) is 18.8 Å². The third kappa shape index (κ3) is 8.27. The number of carbonyl (C=O) groups excluding carboxylic acids is 1. The topological polar surface area (TPSA) is 179 Å². The highest BCUT2D eigenvalue weighted by molar-refractivity contribution is 8.30. The van der Waals surface area contributed by atoms with Crippen LogP contribution in [0.4, 0.5) is 0 Å². The summed E-state index contributed by atoms with van der Waals surface area (Å²) in [5.41, 5.74) is 1.61. The van der Waals surface area contributed by atoms with E-state index in [0.717, 1.165) is 32.0 Å². The predicted molar refractivity (Wildman–Crippen MR) is 180 cm³/mol. The fraction of sp³-hybridized carbons (Fsp3) is 0.276. The van der Waals surface area contributed by atoms with Crippen molar-refractivity contribution in [2.45, 2.75) is 26.3 Å². The number of benzene rings is 1. The van der Waals surface area contributed by atoms with Gasteiger partial charge in [0.05, 0.1) is 10.8 Å². The monoisotopic (exact) mass is 706 g/mol. The number of amides is 1. The smallest absolute Gasteiger partial charge is 0.323 e. The summed E-state index contributed by atoms with van der Waals surface area (Å²) in [6.07, 6.45) is 5.94. The Morgan fingerprint density at radius 2 is 1.70 bits per heavy atom. The van der Waals surface area contributed by atoms with Gasteiger partial charge in [0.1, 0.15) is 33.1 Å². The van der Waals surface area contributed by atoms with E-state index in [1.165, 1.54) is 29.5 Å². The molecule has 46 heavy (non-hydrogen) atoms. The van der Waals surface area contributed by atoms with Gasteiger partial charge < -0.3 is 19.7 Å². The summed E-state index contributed by atoms with van der Waals surface area (Å²) in [6, 6.07) is 9.08. The van der Waals surface area contributed by atoms with Crippen LogP contribution in [-0.4, -0.2) is 83.1 Å². The number of thiocarbonyl (C=S) groups is 1. The Bertz CT molecular complexity index is 1980. The quantitative estimate of drug-likeness (QED) is 0.165. The zero-order valence-electron chi connectivity index (χ0n) is 24.7. The largest absolute Gasteiger partial charge is 0.480 e. The standard InChI is InChI=1S/C29H30N4O9S4/c1-18-17-44-22(31(18)12-6-7-13-46(40,41)42)11-10-20(19-8-4-3-5-9-19)14-21-27(38)30(2)26(32(21)15-23(34)35)25-28(39)33(16-24(36)37)29(43)45-25/h3-5,8-11,14,17H,6-7,12-13,15-16H2,1-2H3,(H,34,35)(H,36,37)(H,40,41,42). The molecule has 0 spiro atoms. The van der Waals surface area contributed by atoms with Crippen molar-refractivity contribution in [3.05, 3.63) is 85.4 Å². The lowest BCUT2D eigenvalue weighted by Crippen LogP contribution is -2.37. The van der Waals surface area contributed by atoms with Crippen LogP contribution in [0.1, 0.15) is 25.3 Å². The fourth-order valence-corrected chi connectivity index (χ4v) is 7.64. The molecule has 0 radical (unpaired) electrons. The van der Waals surface area contributed by atoms with Gasteiger partial charge in [-0.25, -0.2) is 0 Å². The van der Waals surface area contributed by atoms with Gasteiger partial charge in [0.25, 0.3) is 21.6 Å².